The molecule has 0 bridgehead atoms. The number of amides is 2. The average Bonchev–Trinajstić information content (AvgIpc) is 3.09. The van der Waals surface area contributed by atoms with Gasteiger partial charge in [0, 0.05) is 21.7 Å². The number of hydrazone groups is 1. The molecule has 162 valence electrons. The number of methoxy groups -OCH3 is 1. The maximum atomic E-state index is 12.9. The van der Waals surface area contributed by atoms with E-state index < -0.39 is 12.1 Å². The number of ether oxygens (including phenoxy) is 1. The average molecular weight is 449 g/mol. The molecule has 3 aromatic carbocycles. The van der Waals surface area contributed by atoms with Crippen molar-refractivity contribution < 1.29 is 19.0 Å². The van der Waals surface area contributed by atoms with E-state index in [0.29, 0.717) is 16.3 Å². The van der Waals surface area contributed by atoms with Crippen molar-refractivity contribution >= 4 is 29.6 Å². The van der Waals surface area contributed by atoms with Gasteiger partial charge in [0.05, 0.1) is 7.11 Å². The Morgan fingerprint density at radius 1 is 1.09 bits per heavy atom. The molecule has 0 radical (unpaired) electrons. The fourth-order valence-electron chi connectivity index (χ4n) is 3.73. The molecule has 3 aromatic rings. The van der Waals surface area contributed by atoms with Crippen LogP contribution in [0.15, 0.2) is 72.8 Å². The van der Waals surface area contributed by atoms with Crippen LogP contribution in [-0.4, -0.2) is 35.9 Å². The van der Waals surface area contributed by atoms with E-state index in [0.717, 1.165) is 16.7 Å². The van der Waals surface area contributed by atoms with E-state index >= 15 is 0 Å². The van der Waals surface area contributed by atoms with Crippen molar-refractivity contribution in [3.63, 3.8) is 0 Å². The van der Waals surface area contributed by atoms with Gasteiger partial charge in [0.25, 0.3) is 5.91 Å². The van der Waals surface area contributed by atoms with E-state index in [1.165, 1.54) is 0 Å². The molecule has 6 nitrogen and oxygen atoms in total. The first-order valence-electron chi connectivity index (χ1n) is 10.2. The van der Waals surface area contributed by atoms with Gasteiger partial charge in [-0.3, -0.25) is 9.59 Å². The molecule has 4 rings (SSSR count). The van der Waals surface area contributed by atoms with E-state index in [-0.39, 0.29) is 11.8 Å². The lowest BCUT2D eigenvalue weighted by molar-refractivity contribution is -0.596. The highest BCUT2D eigenvalue weighted by Crippen LogP contribution is 2.27. The molecule has 1 saturated heterocycles. The summed E-state index contributed by atoms with van der Waals surface area (Å²) in [6.45, 7) is 1.92. The van der Waals surface area contributed by atoms with Gasteiger partial charge in [0.2, 0.25) is 12.3 Å². The van der Waals surface area contributed by atoms with Gasteiger partial charge in [-0.1, -0.05) is 47.5 Å². The highest BCUT2D eigenvalue weighted by Gasteiger charge is 2.47. The molecular weight excluding hydrogens is 426 g/mol. The van der Waals surface area contributed by atoms with Crippen molar-refractivity contribution in [2.45, 2.75) is 19.0 Å². The van der Waals surface area contributed by atoms with Crippen LogP contribution in [0.4, 0.5) is 0 Å². The molecular formula is C25H23ClN3O3+. The number of rotatable bonds is 5. The van der Waals surface area contributed by atoms with Gasteiger partial charge in [0.15, 0.2) is 6.04 Å². The van der Waals surface area contributed by atoms with E-state index in [4.69, 9.17) is 16.3 Å². The largest absolute Gasteiger partial charge is 0.497 e. The first kappa shape index (κ1) is 21.6. The Kier molecular flexibility index (Phi) is 6.23. The van der Waals surface area contributed by atoms with Crippen molar-refractivity contribution in [2.24, 2.45) is 0 Å². The van der Waals surface area contributed by atoms with Crippen molar-refractivity contribution in [2.75, 3.05) is 7.11 Å². The Bertz CT molecular complexity index is 1190. The maximum Gasteiger partial charge on any atom is 0.304 e. The van der Waals surface area contributed by atoms with Gasteiger partial charge in [-0.25, -0.2) is 0 Å². The normalized spacial score (nSPS) is 19.0. The maximum absolute atomic E-state index is 12.9. The summed E-state index contributed by atoms with van der Waals surface area (Å²) < 4.78 is 7.01. The summed E-state index contributed by atoms with van der Waals surface area (Å²) in [5, 5.41) is 3.50. The van der Waals surface area contributed by atoms with Crippen LogP contribution in [-0.2, 0) is 4.79 Å². The first-order chi connectivity index (χ1) is 15.4. The van der Waals surface area contributed by atoms with Gasteiger partial charge < -0.3 is 10.1 Å². The highest BCUT2D eigenvalue weighted by molar-refractivity contribution is 6.30. The highest BCUT2D eigenvalue weighted by atomic mass is 35.5. The molecule has 0 spiro atoms. The molecule has 1 aliphatic heterocycles. The number of nitrogens with one attached hydrogen (secondary N) is 2. The molecule has 0 aromatic heterocycles. The molecule has 7 heteroatoms. The standard InChI is InChI=1S/C25H22ClN3O3/c1-16-5-3-7-19(13-16)24(30)27-22-23(18-9-11-20(26)12-10-18)29(28-25(22)31)15-17-6-4-8-21(14-17)32-2/h3-15,22-23H,1-2H3,(H-,27,28,30,31)/p+1/b29-15-/t22-,23+/m0/s1. The summed E-state index contributed by atoms with van der Waals surface area (Å²) in [7, 11) is 1.60. The molecule has 2 atom stereocenters. The number of halogens is 1. The SMILES string of the molecule is COc1cccc(/C=[N+]2\NC(=O)[C@@H](NC(=O)c3cccc(C)c3)[C@H]2c2ccc(Cl)cc2)c1. The Morgan fingerprint density at radius 3 is 2.56 bits per heavy atom. The third-order valence-electron chi connectivity index (χ3n) is 5.30. The number of hydrazine groups is 1. The number of nitrogens with zero attached hydrogens (tertiary/aromatic N) is 1. The topological polar surface area (TPSA) is 70.4 Å². The summed E-state index contributed by atoms with van der Waals surface area (Å²) in [5.74, 6) is 0.0951. The Balaban J connectivity index is 1.71. The minimum Gasteiger partial charge on any atom is -0.497 e. The Labute approximate surface area is 191 Å². The zero-order valence-electron chi connectivity index (χ0n) is 17.7. The van der Waals surface area contributed by atoms with Crippen molar-refractivity contribution in [1.82, 2.24) is 10.7 Å². The fourth-order valence-corrected chi connectivity index (χ4v) is 3.86. The molecule has 1 heterocycles. The minimum atomic E-state index is -0.800. The van der Waals surface area contributed by atoms with Gasteiger partial charge >= 0.3 is 5.91 Å². The molecule has 2 amide bonds. The van der Waals surface area contributed by atoms with Gasteiger partial charge in [-0.2, -0.15) is 0 Å². The van der Waals surface area contributed by atoms with Gasteiger partial charge in [-0.05, 0) is 49.4 Å². The lowest BCUT2D eigenvalue weighted by Crippen LogP contribution is -2.42. The van der Waals surface area contributed by atoms with E-state index in [2.05, 4.69) is 10.7 Å². The summed E-state index contributed by atoms with van der Waals surface area (Å²) in [4.78, 5) is 25.9. The second-order valence-electron chi connectivity index (χ2n) is 7.61. The molecule has 1 aliphatic rings. The van der Waals surface area contributed by atoms with Crippen LogP contribution in [0.2, 0.25) is 5.02 Å². The molecule has 32 heavy (non-hydrogen) atoms. The third-order valence-corrected chi connectivity index (χ3v) is 5.55. The van der Waals surface area contributed by atoms with Crippen LogP contribution in [0.5, 0.6) is 5.75 Å². The molecule has 1 fully saturated rings. The molecule has 0 unspecified atom stereocenters. The number of carbonyl (C=O) groups is 2. The fraction of sp³-hybridized carbons (Fsp3) is 0.160. The predicted octanol–water partition coefficient (Wildman–Crippen LogP) is 3.67. The summed E-state index contributed by atoms with van der Waals surface area (Å²) in [5.41, 5.74) is 6.02. The lowest BCUT2D eigenvalue weighted by Gasteiger charge is -2.15. The van der Waals surface area contributed by atoms with Crippen LogP contribution < -0.4 is 15.5 Å². The van der Waals surface area contributed by atoms with Crippen LogP contribution in [0.3, 0.4) is 0 Å². The summed E-state index contributed by atoms with van der Waals surface area (Å²) in [6, 6.07) is 20.7. The zero-order valence-corrected chi connectivity index (χ0v) is 18.5. The molecule has 0 saturated carbocycles. The lowest BCUT2D eigenvalue weighted by atomic mass is 9.99. The zero-order chi connectivity index (χ0) is 22.7. The molecule has 0 aliphatic carbocycles. The second kappa shape index (κ2) is 9.24. The van der Waals surface area contributed by atoms with Crippen molar-refractivity contribution in [1.29, 1.82) is 0 Å². The number of hydrogen-bond acceptors (Lipinski definition) is 3. The number of hydrogen-bond donors (Lipinski definition) is 2. The summed E-state index contributed by atoms with van der Waals surface area (Å²) >= 11 is 6.07. The summed E-state index contributed by atoms with van der Waals surface area (Å²) in [6.07, 6.45) is 1.82. The smallest absolute Gasteiger partial charge is 0.304 e. The van der Waals surface area contributed by atoms with Crippen LogP contribution in [0.1, 0.15) is 33.1 Å². The quantitative estimate of drug-likeness (QED) is 0.585. The number of carbonyl (C=O) groups excluding carboxylic acids is 2. The monoisotopic (exact) mass is 448 g/mol. The predicted molar refractivity (Wildman–Crippen MR) is 123 cm³/mol. The van der Waals surface area contributed by atoms with Crippen LogP contribution in [0, 0.1) is 6.92 Å². The van der Waals surface area contributed by atoms with Gasteiger partial charge in [-0.15, -0.1) is 10.1 Å². The minimum absolute atomic E-state index is 0.301. The van der Waals surface area contributed by atoms with Crippen molar-refractivity contribution in [3.05, 3.63) is 100 Å². The molecule has 2 N–H and O–H groups in total. The van der Waals surface area contributed by atoms with E-state index in [1.54, 1.807) is 36.1 Å². The third kappa shape index (κ3) is 4.65. The van der Waals surface area contributed by atoms with Crippen LogP contribution >= 0.6 is 11.6 Å². The second-order valence-corrected chi connectivity index (χ2v) is 8.04. The first-order valence-corrected chi connectivity index (χ1v) is 10.5. The number of benzene rings is 3. The van der Waals surface area contributed by atoms with Crippen LogP contribution in [0.25, 0.3) is 0 Å². The number of aryl methyl sites for hydroxylation is 1. The van der Waals surface area contributed by atoms with Gasteiger partial charge in [0.1, 0.15) is 5.75 Å². The van der Waals surface area contributed by atoms with E-state index in [9.17, 15) is 9.59 Å². The Hall–Kier alpha value is -3.64. The van der Waals surface area contributed by atoms with Crippen molar-refractivity contribution in [3.8, 4) is 5.75 Å². The van der Waals surface area contributed by atoms with E-state index in [1.807, 2.05) is 61.7 Å². The Morgan fingerprint density at radius 2 is 1.84 bits per heavy atom.